The van der Waals surface area contributed by atoms with Crippen molar-refractivity contribution in [3.63, 3.8) is 0 Å². The minimum atomic E-state index is -0.958. The van der Waals surface area contributed by atoms with Crippen LogP contribution in [0.1, 0.15) is 39.5 Å². The molecule has 72 valence electrons. The Hall–Kier alpha value is -0.410. The summed E-state index contributed by atoms with van der Waals surface area (Å²) in [5, 5.41) is 8.60. The molecule has 0 aliphatic heterocycles. The van der Waals surface area contributed by atoms with Crippen molar-refractivity contribution >= 4 is 5.78 Å². The van der Waals surface area contributed by atoms with Gasteiger partial charge in [-0.2, -0.15) is 0 Å². The molecule has 0 spiro atoms. The van der Waals surface area contributed by atoms with Gasteiger partial charge in [-0.05, 0) is 26.7 Å². The average Bonchev–Trinajstić information content (AvgIpc) is 2.39. The molecule has 0 saturated heterocycles. The number of ketones is 1. The van der Waals surface area contributed by atoms with E-state index >= 15 is 0 Å². The molecule has 12 heavy (non-hydrogen) atoms. The highest BCUT2D eigenvalue weighted by molar-refractivity contribution is 5.79. The van der Waals surface area contributed by atoms with Gasteiger partial charge >= 0.3 is 0 Å². The van der Waals surface area contributed by atoms with Gasteiger partial charge in [0, 0.05) is 20.0 Å². The van der Waals surface area contributed by atoms with Crippen LogP contribution in [0.2, 0.25) is 0 Å². The second kappa shape index (κ2) is 5.27. The molecule has 0 bridgehead atoms. The van der Waals surface area contributed by atoms with E-state index in [-0.39, 0.29) is 0 Å². The van der Waals surface area contributed by atoms with E-state index in [1.54, 1.807) is 13.8 Å². The zero-order chi connectivity index (χ0) is 9.61. The third-order valence-corrected chi connectivity index (χ3v) is 1.66. The molecule has 0 aromatic rings. The van der Waals surface area contributed by atoms with E-state index in [1.807, 2.05) is 0 Å². The van der Waals surface area contributed by atoms with Crippen molar-refractivity contribution in [2.75, 3.05) is 7.11 Å². The first-order chi connectivity index (χ1) is 5.45. The molecule has 0 amide bonds. The molecule has 0 atom stereocenters. The predicted octanol–water partition coefficient (Wildman–Crippen LogP) is 1.49. The third kappa shape index (κ3) is 7.69. The lowest BCUT2D eigenvalue weighted by Gasteiger charge is -2.12. The van der Waals surface area contributed by atoms with Crippen molar-refractivity contribution < 1.29 is 14.6 Å². The summed E-state index contributed by atoms with van der Waals surface area (Å²) in [6.07, 6.45) is 3.97. The number of methoxy groups -OCH3 is 1. The summed E-state index contributed by atoms with van der Waals surface area (Å²) in [6.45, 7) is 3.15. The number of aliphatic hydroxyl groups is 1. The van der Waals surface area contributed by atoms with E-state index in [0.717, 1.165) is 25.7 Å². The third-order valence-electron chi connectivity index (χ3n) is 1.66. The first kappa shape index (κ1) is 11.6. The van der Waals surface area contributed by atoms with Crippen molar-refractivity contribution in [1.29, 1.82) is 0 Å². The zero-order valence-corrected chi connectivity index (χ0v) is 8.09. The molecule has 1 N–H and O–H groups in total. The van der Waals surface area contributed by atoms with Crippen LogP contribution in [0.4, 0.5) is 0 Å². The molecule has 0 aromatic heterocycles. The van der Waals surface area contributed by atoms with Crippen LogP contribution < -0.4 is 0 Å². The maximum atomic E-state index is 10.2. The minimum Gasteiger partial charge on any atom is -0.366 e. The Bertz CT molecular complexity index is 127. The molecule has 0 unspecified atom stereocenters. The van der Waals surface area contributed by atoms with Crippen molar-refractivity contribution in [1.82, 2.24) is 0 Å². The van der Waals surface area contributed by atoms with Gasteiger partial charge in [-0.15, -0.1) is 0 Å². The number of Topliss-reactive ketones (excluding diaryl/α,β-unsaturated/α-hetero) is 1. The van der Waals surface area contributed by atoms with Gasteiger partial charge < -0.3 is 9.84 Å². The van der Waals surface area contributed by atoms with E-state index in [0.29, 0.717) is 5.78 Å². The highest BCUT2D eigenvalue weighted by Gasteiger charge is 2.07. The fraction of sp³-hybridized carbons (Fsp3) is 0.889. The van der Waals surface area contributed by atoms with Crippen molar-refractivity contribution in [2.45, 2.75) is 45.3 Å². The van der Waals surface area contributed by atoms with Gasteiger partial charge in [-0.25, -0.2) is 0 Å². The van der Waals surface area contributed by atoms with Crippen LogP contribution in [-0.2, 0) is 9.53 Å². The maximum Gasteiger partial charge on any atom is 0.159 e. The standard InChI is InChI=1S/C5H8O.C4H10O2/c6-5-3-1-2-4-5;1-4(2,5)6-3/h1-4H2;5H,1-3H3. The average molecular weight is 174 g/mol. The topological polar surface area (TPSA) is 46.5 Å². The Morgan fingerprint density at radius 2 is 1.67 bits per heavy atom. The van der Waals surface area contributed by atoms with Gasteiger partial charge in [0.1, 0.15) is 5.78 Å². The first-order valence-electron chi connectivity index (χ1n) is 4.25. The van der Waals surface area contributed by atoms with Gasteiger partial charge in [-0.3, -0.25) is 4.79 Å². The molecule has 0 aromatic carbocycles. The summed E-state index contributed by atoms with van der Waals surface area (Å²) in [7, 11) is 1.46. The Labute approximate surface area is 73.7 Å². The van der Waals surface area contributed by atoms with E-state index in [9.17, 15) is 4.79 Å². The number of carbonyl (C=O) groups is 1. The molecule has 3 nitrogen and oxygen atoms in total. The Balaban J connectivity index is 0.000000202. The van der Waals surface area contributed by atoms with Gasteiger partial charge in [0.05, 0.1) is 0 Å². The van der Waals surface area contributed by atoms with Crippen LogP contribution in [0, 0.1) is 0 Å². The zero-order valence-electron chi connectivity index (χ0n) is 8.09. The summed E-state index contributed by atoms with van der Waals surface area (Å²) in [4.78, 5) is 10.2. The van der Waals surface area contributed by atoms with Crippen LogP contribution in [0.3, 0.4) is 0 Å². The number of hydrogen-bond acceptors (Lipinski definition) is 3. The highest BCUT2D eigenvalue weighted by atomic mass is 16.6. The van der Waals surface area contributed by atoms with Crippen molar-refractivity contribution in [3.05, 3.63) is 0 Å². The number of carbonyl (C=O) groups excluding carboxylic acids is 1. The second-order valence-corrected chi connectivity index (χ2v) is 3.40. The molecule has 1 fully saturated rings. The Morgan fingerprint density at radius 1 is 1.33 bits per heavy atom. The largest absolute Gasteiger partial charge is 0.366 e. The van der Waals surface area contributed by atoms with Gasteiger partial charge in [0.15, 0.2) is 5.79 Å². The van der Waals surface area contributed by atoms with Gasteiger partial charge in [-0.1, -0.05) is 0 Å². The van der Waals surface area contributed by atoms with E-state index < -0.39 is 5.79 Å². The first-order valence-corrected chi connectivity index (χ1v) is 4.25. The van der Waals surface area contributed by atoms with Crippen LogP contribution in [0.25, 0.3) is 0 Å². The van der Waals surface area contributed by atoms with Crippen LogP contribution in [0.15, 0.2) is 0 Å². The predicted molar refractivity (Wildman–Crippen MR) is 46.8 cm³/mol. The highest BCUT2D eigenvalue weighted by Crippen LogP contribution is 2.11. The molecule has 0 radical (unpaired) electrons. The summed E-state index contributed by atoms with van der Waals surface area (Å²) in [5.41, 5.74) is 0. The minimum absolute atomic E-state index is 0.454. The number of rotatable bonds is 1. The monoisotopic (exact) mass is 174 g/mol. The fourth-order valence-corrected chi connectivity index (χ4v) is 0.769. The van der Waals surface area contributed by atoms with Crippen LogP contribution in [0.5, 0.6) is 0 Å². The van der Waals surface area contributed by atoms with Crippen molar-refractivity contribution in [2.24, 2.45) is 0 Å². The molecule has 1 aliphatic rings. The van der Waals surface area contributed by atoms with E-state index in [4.69, 9.17) is 5.11 Å². The molecular weight excluding hydrogens is 156 g/mol. The lowest BCUT2D eigenvalue weighted by atomic mass is 10.4. The quantitative estimate of drug-likeness (QED) is 0.613. The summed E-state index contributed by atoms with van der Waals surface area (Å²) < 4.78 is 4.49. The summed E-state index contributed by atoms with van der Waals surface area (Å²) in [6, 6.07) is 0. The molecule has 0 heterocycles. The van der Waals surface area contributed by atoms with Crippen LogP contribution in [-0.4, -0.2) is 23.8 Å². The number of hydrogen-bond donors (Lipinski definition) is 1. The molecule has 1 aliphatic carbocycles. The smallest absolute Gasteiger partial charge is 0.159 e. The Kier molecular flexibility index (Phi) is 5.09. The van der Waals surface area contributed by atoms with E-state index in [1.165, 1.54) is 7.11 Å². The van der Waals surface area contributed by atoms with Crippen LogP contribution >= 0.6 is 0 Å². The lowest BCUT2D eigenvalue weighted by molar-refractivity contribution is -0.155. The summed E-state index contributed by atoms with van der Waals surface area (Å²) >= 11 is 0. The van der Waals surface area contributed by atoms with Gasteiger partial charge in [0.2, 0.25) is 0 Å². The maximum absolute atomic E-state index is 10.2. The molecular formula is C9H18O3. The molecule has 3 heteroatoms. The Morgan fingerprint density at radius 3 is 1.75 bits per heavy atom. The van der Waals surface area contributed by atoms with Crippen molar-refractivity contribution in [3.8, 4) is 0 Å². The molecule has 1 rings (SSSR count). The number of ether oxygens (including phenoxy) is 1. The lowest BCUT2D eigenvalue weighted by Crippen LogP contribution is -2.20. The van der Waals surface area contributed by atoms with E-state index in [2.05, 4.69) is 4.74 Å². The summed E-state index contributed by atoms with van der Waals surface area (Å²) in [5.74, 6) is -0.505. The second-order valence-electron chi connectivity index (χ2n) is 3.40. The fourth-order valence-electron chi connectivity index (χ4n) is 0.769. The van der Waals surface area contributed by atoms with Gasteiger partial charge in [0.25, 0.3) is 0 Å². The normalized spacial score (nSPS) is 17.2. The SMILES string of the molecule is COC(C)(C)O.O=C1CCCC1. The molecule has 1 saturated carbocycles.